The molecule has 2 bridgehead atoms. The Bertz CT molecular complexity index is 1130. The smallest absolute Gasteiger partial charge is 0.232 e. The van der Waals surface area contributed by atoms with Gasteiger partial charge >= 0.3 is 0 Å². The second-order valence-corrected chi connectivity index (χ2v) is 10.8. The van der Waals surface area contributed by atoms with Crippen molar-refractivity contribution in [2.45, 2.75) is 51.9 Å². The van der Waals surface area contributed by atoms with Gasteiger partial charge < -0.3 is 20.1 Å². The zero-order valence-electron chi connectivity index (χ0n) is 19.3. The normalized spacial score (nSPS) is 42.7. The highest BCUT2D eigenvalue weighted by atomic mass is 16.5. The van der Waals surface area contributed by atoms with Gasteiger partial charge in [-0.2, -0.15) is 5.26 Å². The van der Waals surface area contributed by atoms with Crippen molar-refractivity contribution < 1.29 is 24.9 Å². The van der Waals surface area contributed by atoms with Crippen molar-refractivity contribution in [1.29, 1.82) is 5.26 Å². The molecule has 7 nitrogen and oxygen atoms in total. The third kappa shape index (κ3) is 2.60. The summed E-state index contributed by atoms with van der Waals surface area (Å²) in [5, 5.41) is 43.6. The Morgan fingerprint density at radius 2 is 2.09 bits per heavy atom. The number of hydrogen-bond acceptors (Lipinski definition) is 7. The lowest BCUT2D eigenvalue weighted by Crippen LogP contribution is -2.66. The predicted octanol–water partition coefficient (Wildman–Crippen LogP) is 2.17. The van der Waals surface area contributed by atoms with E-state index in [0.29, 0.717) is 11.5 Å². The molecule has 0 saturated heterocycles. The first kappa shape index (κ1) is 22.3. The van der Waals surface area contributed by atoms with E-state index in [-0.39, 0.29) is 40.1 Å². The maximum absolute atomic E-state index is 14.3. The van der Waals surface area contributed by atoms with Crippen LogP contribution in [-0.4, -0.2) is 50.5 Å². The standard InChI is InChI=1S/C26H30N2O5/c1-13-10-25-14(2)8-18-19(24(18,3)4)17(21(25)31)9-16(12-29)20(30)26(25,32)22(13)33-23-15(11-27)6-5-7-28-23/h5-7,9-10,14,17-20,22,29-30,32H,8,12H2,1-4H3/t14-,17+,18-,19+,20-,22+,25?,26+/m1/s1. The van der Waals surface area contributed by atoms with Crippen LogP contribution in [0, 0.1) is 45.8 Å². The number of aliphatic hydroxyl groups excluding tert-OH is 2. The van der Waals surface area contributed by atoms with Gasteiger partial charge in [0, 0.05) is 12.1 Å². The number of ketones is 1. The molecule has 1 unspecified atom stereocenters. The Kier molecular flexibility index (Phi) is 4.72. The summed E-state index contributed by atoms with van der Waals surface area (Å²) in [5.74, 6) is -0.469. The summed E-state index contributed by atoms with van der Waals surface area (Å²) in [4.78, 5) is 18.5. The molecule has 1 aromatic rings. The lowest BCUT2D eigenvalue weighted by Gasteiger charge is -2.48. The number of carbonyl (C=O) groups is 1. The summed E-state index contributed by atoms with van der Waals surface area (Å²) in [6, 6.07) is 5.20. The predicted molar refractivity (Wildman–Crippen MR) is 119 cm³/mol. The van der Waals surface area contributed by atoms with Gasteiger partial charge in [0.25, 0.3) is 0 Å². The van der Waals surface area contributed by atoms with Crippen LogP contribution in [0.25, 0.3) is 0 Å². The van der Waals surface area contributed by atoms with E-state index >= 15 is 0 Å². The highest BCUT2D eigenvalue weighted by Gasteiger charge is 2.76. The van der Waals surface area contributed by atoms with Gasteiger partial charge in [-0.1, -0.05) is 32.9 Å². The number of ether oxygens (including phenoxy) is 1. The number of pyridine rings is 1. The van der Waals surface area contributed by atoms with Gasteiger partial charge in [-0.3, -0.25) is 4.79 Å². The van der Waals surface area contributed by atoms with Crippen LogP contribution in [0.15, 0.2) is 41.6 Å². The molecule has 174 valence electrons. The van der Waals surface area contributed by atoms with Gasteiger partial charge in [0.15, 0.2) is 17.5 Å². The lowest BCUT2D eigenvalue weighted by molar-refractivity contribution is -0.186. The number of aliphatic hydroxyl groups is 3. The number of nitrogens with zero attached hydrogens (tertiary/aromatic N) is 2. The molecule has 5 rings (SSSR count). The molecule has 0 aliphatic heterocycles. The molecule has 2 saturated carbocycles. The van der Waals surface area contributed by atoms with Crippen LogP contribution in [0.5, 0.6) is 5.88 Å². The molecule has 1 aromatic heterocycles. The van der Waals surface area contributed by atoms with E-state index in [9.17, 15) is 25.4 Å². The minimum absolute atomic E-state index is 0.0242. The van der Waals surface area contributed by atoms with Gasteiger partial charge in [-0.05, 0) is 59.8 Å². The highest BCUT2D eigenvalue weighted by molar-refractivity contribution is 5.95. The first-order valence-corrected chi connectivity index (χ1v) is 11.5. The number of nitriles is 1. The van der Waals surface area contributed by atoms with Crippen LogP contribution in [0.2, 0.25) is 0 Å². The summed E-state index contributed by atoms with van der Waals surface area (Å²) in [6.07, 6.45) is 3.06. The Labute approximate surface area is 193 Å². The number of allylic oxidation sites excluding steroid dienone is 1. The number of rotatable bonds is 3. The molecule has 0 amide bonds. The Morgan fingerprint density at radius 3 is 2.76 bits per heavy atom. The minimum Gasteiger partial charge on any atom is -0.466 e. The minimum atomic E-state index is -2.05. The van der Waals surface area contributed by atoms with Crippen molar-refractivity contribution in [3.63, 3.8) is 0 Å². The second-order valence-electron chi connectivity index (χ2n) is 10.8. The van der Waals surface area contributed by atoms with Crippen LogP contribution in [0.3, 0.4) is 0 Å². The monoisotopic (exact) mass is 450 g/mol. The molecule has 3 N–H and O–H groups in total. The quantitative estimate of drug-likeness (QED) is 0.603. The largest absolute Gasteiger partial charge is 0.466 e. The van der Waals surface area contributed by atoms with Crippen LogP contribution >= 0.6 is 0 Å². The van der Waals surface area contributed by atoms with Gasteiger partial charge in [0.05, 0.1) is 12.0 Å². The van der Waals surface area contributed by atoms with Gasteiger partial charge in [0.1, 0.15) is 17.7 Å². The first-order valence-electron chi connectivity index (χ1n) is 11.5. The fraction of sp³-hybridized carbons (Fsp3) is 0.577. The maximum atomic E-state index is 14.3. The van der Waals surface area contributed by atoms with Gasteiger partial charge in [0.2, 0.25) is 5.88 Å². The van der Waals surface area contributed by atoms with Crippen molar-refractivity contribution in [1.82, 2.24) is 4.98 Å². The molecule has 4 aliphatic rings. The molecule has 8 atom stereocenters. The van der Waals surface area contributed by atoms with Crippen molar-refractivity contribution in [3.05, 3.63) is 47.2 Å². The van der Waals surface area contributed by atoms with E-state index in [0.717, 1.165) is 6.42 Å². The van der Waals surface area contributed by atoms with Gasteiger partial charge in [-0.25, -0.2) is 4.98 Å². The van der Waals surface area contributed by atoms with Crippen molar-refractivity contribution >= 4 is 5.78 Å². The summed E-state index contributed by atoms with van der Waals surface area (Å²) < 4.78 is 6.13. The van der Waals surface area contributed by atoms with E-state index < -0.39 is 35.7 Å². The van der Waals surface area contributed by atoms with Crippen molar-refractivity contribution in [2.24, 2.45) is 34.5 Å². The summed E-state index contributed by atoms with van der Waals surface area (Å²) >= 11 is 0. The summed E-state index contributed by atoms with van der Waals surface area (Å²) in [5.41, 5.74) is -2.45. The van der Waals surface area contributed by atoms with Gasteiger partial charge in [-0.15, -0.1) is 0 Å². The van der Waals surface area contributed by atoms with E-state index in [1.54, 1.807) is 31.2 Å². The molecule has 7 heteroatoms. The number of fused-ring (bicyclic) bond motifs is 3. The fourth-order valence-corrected chi connectivity index (χ4v) is 7.28. The molecule has 1 heterocycles. The lowest BCUT2D eigenvalue weighted by atomic mass is 9.59. The van der Waals surface area contributed by atoms with E-state index in [2.05, 4.69) is 18.8 Å². The number of aromatic nitrogens is 1. The van der Waals surface area contributed by atoms with Crippen LogP contribution in [0.1, 0.15) is 39.7 Å². The van der Waals surface area contributed by atoms with E-state index in [1.807, 2.05) is 13.0 Å². The maximum Gasteiger partial charge on any atom is 0.232 e. The number of hydrogen-bond donors (Lipinski definition) is 3. The third-order valence-electron chi connectivity index (χ3n) is 9.02. The molecule has 4 aliphatic carbocycles. The summed E-state index contributed by atoms with van der Waals surface area (Å²) in [7, 11) is 0. The molecular weight excluding hydrogens is 420 g/mol. The van der Waals surface area contributed by atoms with Crippen LogP contribution in [0.4, 0.5) is 0 Å². The average molecular weight is 451 g/mol. The van der Waals surface area contributed by atoms with Crippen molar-refractivity contribution in [2.75, 3.05) is 6.61 Å². The number of Topliss-reactive ketones (excluding diaryl/α,β-unsaturated/α-hetero) is 1. The Hall–Kier alpha value is -2.53. The SMILES string of the molecule is CC1=CC23C(=O)[C@@H](C=C(CO)[C@@H](O)[C@]2(O)[C@H]1Oc1ncccc1C#N)[C@H]1[C@@H](C[C@H]3C)C1(C)C. The topological polar surface area (TPSA) is 124 Å². The number of carbonyl (C=O) groups excluding carboxylic acids is 1. The summed E-state index contributed by atoms with van der Waals surface area (Å²) in [6.45, 7) is 7.56. The molecule has 2 fully saturated rings. The zero-order chi connectivity index (χ0) is 23.9. The van der Waals surface area contributed by atoms with E-state index in [1.165, 1.54) is 6.20 Å². The van der Waals surface area contributed by atoms with Crippen LogP contribution in [-0.2, 0) is 4.79 Å². The highest BCUT2D eigenvalue weighted by Crippen LogP contribution is 2.71. The molecular formula is C26H30N2O5. The fourth-order valence-electron chi connectivity index (χ4n) is 7.28. The van der Waals surface area contributed by atoms with E-state index in [4.69, 9.17) is 4.74 Å². The Morgan fingerprint density at radius 1 is 1.36 bits per heavy atom. The molecule has 1 spiro atoms. The average Bonchev–Trinajstić information content (AvgIpc) is 3.28. The second kappa shape index (κ2) is 6.99. The Balaban J connectivity index is 1.70. The zero-order valence-corrected chi connectivity index (χ0v) is 19.3. The molecule has 0 radical (unpaired) electrons. The third-order valence-corrected chi connectivity index (χ3v) is 9.02. The van der Waals surface area contributed by atoms with Crippen LogP contribution < -0.4 is 4.74 Å². The first-order chi connectivity index (χ1) is 15.5. The van der Waals surface area contributed by atoms with Crippen molar-refractivity contribution in [3.8, 4) is 11.9 Å². The molecule has 0 aromatic carbocycles. The molecule has 33 heavy (non-hydrogen) atoms.